The van der Waals surface area contributed by atoms with Crippen LogP contribution in [-0.4, -0.2) is 34.5 Å². The monoisotopic (exact) mass is 400 g/mol. The summed E-state index contributed by atoms with van der Waals surface area (Å²) in [6.45, 7) is 3.47. The number of carbonyl (C=O) groups is 1. The van der Waals surface area contributed by atoms with E-state index in [2.05, 4.69) is 30.2 Å². The van der Waals surface area contributed by atoms with Crippen molar-refractivity contribution in [2.75, 3.05) is 10.0 Å². The maximum atomic E-state index is 12.5. The SMILES string of the molecule is Cc1cc(C)nc(NS(=O)(=O)c2ccc(NC(=O)c3ccc(=O)[nH]n3)cc2)n1. The smallest absolute Gasteiger partial charge is 0.276 e. The highest BCUT2D eigenvalue weighted by molar-refractivity contribution is 7.92. The third-order valence-electron chi connectivity index (χ3n) is 3.54. The molecule has 3 rings (SSSR count). The van der Waals surface area contributed by atoms with E-state index in [-0.39, 0.29) is 16.5 Å². The maximum absolute atomic E-state index is 12.5. The molecule has 3 aromatic rings. The summed E-state index contributed by atoms with van der Waals surface area (Å²) in [5.41, 5.74) is 1.23. The molecular weight excluding hydrogens is 384 g/mol. The molecule has 11 heteroatoms. The van der Waals surface area contributed by atoms with Gasteiger partial charge < -0.3 is 5.32 Å². The van der Waals surface area contributed by atoms with Gasteiger partial charge in [0.25, 0.3) is 21.5 Å². The first-order valence-electron chi connectivity index (χ1n) is 8.05. The van der Waals surface area contributed by atoms with Gasteiger partial charge in [-0.05, 0) is 50.2 Å². The van der Waals surface area contributed by atoms with Crippen LogP contribution in [0.4, 0.5) is 11.6 Å². The van der Waals surface area contributed by atoms with Crippen LogP contribution in [0.25, 0.3) is 0 Å². The molecule has 1 amide bonds. The second-order valence-electron chi connectivity index (χ2n) is 5.86. The first-order valence-corrected chi connectivity index (χ1v) is 9.53. The van der Waals surface area contributed by atoms with Gasteiger partial charge in [0, 0.05) is 23.1 Å². The molecule has 0 bridgehead atoms. The van der Waals surface area contributed by atoms with Gasteiger partial charge in [-0.15, -0.1) is 0 Å². The van der Waals surface area contributed by atoms with Crippen LogP contribution in [0.5, 0.6) is 0 Å². The Bertz CT molecular complexity index is 1150. The Labute approximate surface area is 160 Å². The predicted octanol–water partition coefficient (Wildman–Crippen LogP) is 1.23. The normalized spacial score (nSPS) is 11.1. The number of benzene rings is 1. The number of aromatic amines is 1. The molecule has 0 aliphatic rings. The molecule has 0 saturated heterocycles. The highest BCUT2D eigenvalue weighted by atomic mass is 32.2. The largest absolute Gasteiger partial charge is 0.321 e. The van der Waals surface area contributed by atoms with E-state index >= 15 is 0 Å². The van der Waals surface area contributed by atoms with Crippen LogP contribution in [0.2, 0.25) is 0 Å². The Morgan fingerprint density at radius 2 is 1.64 bits per heavy atom. The van der Waals surface area contributed by atoms with E-state index in [1.165, 1.54) is 36.4 Å². The number of hydrogen-bond donors (Lipinski definition) is 3. The summed E-state index contributed by atoms with van der Waals surface area (Å²) in [6, 6.07) is 9.72. The fourth-order valence-electron chi connectivity index (χ4n) is 2.33. The summed E-state index contributed by atoms with van der Waals surface area (Å²) in [7, 11) is -3.89. The van der Waals surface area contributed by atoms with Crippen LogP contribution >= 0.6 is 0 Å². The Hall–Kier alpha value is -3.60. The lowest BCUT2D eigenvalue weighted by atomic mass is 10.3. The molecule has 3 N–H and O–H groups in total. The maximum Gasteiger partial charge on any atom is 0.276 e. The number of nitrogens with one attached hydrogen (secondary N) is 3. The molecule has 0 radical (unpaired) electrons. The second kappa shape index (κ2) is 7.56. The van der Waals surface area contributed by atoms with Crippen molar-refractivity contribution in [1.29, 1.82) is 0 Å². The zero-order valence-electron chi connectivity index (χ0n) is 14.9. The predicted molar refractivity (Wildman–Crippen MR) is 102 cm³/mol. The highest BCUT2D eigenvalue weighted by Crippen LogP contribution is 2.17. The molecule has 0 aliphatic heterocycles. The molecule has 2 heterocycles. The average molecular weight is 400 g/mol. The van der Waals surface area contributed by atoms with Crippen molar-refractivity contribution in [2.45, 2.75) is 18.7 Å². The fraction of sp³-hybridized carbons (Fsp3) is 0.118. The molecule has 28 heavy (non-hydrogen) atoms. The minimum atomic E-state index is -3.89. The van der Waals surface area contributed by atoms with Crippen LogP contribution in [0.15, 0.2) is 52.2 Å². The van der Waals surface area contributed by atoms with Crippen LogP contribution in [-0.2, 0) is 10.0 Å². The lowest BCUT2D eigenvalue weighted by Gasteiger charge is -2.09. The lowest BCUT2D eigenvalue weighted by Crippen LogP contribution is -2.18. The van der Waals surface area contributed by atoms with Crippen molar-refractivity contribution in [3.63, 3.8) is 0 Å². The van der Waals surface area contributed by atoms with E-state index in [1.807, 2.05) is 0 Å². The Kier molecular flexibility index (Phi) is 5.18. The minimum absolute atomic E-state index is 0.0148. The van der Waals surface area contributed by atoms with E-state index in [9.17, 15) is 18.0 Å². The van der Waals surface area contributed by atoms with Crippen molar-refractivity contribution in [3.8, 4) is 0 Å². The number of anilines is 2. The summed E-state index contributed by atoms with van der Waals surface area (Å²) in [5, 5.41) is 8.34. The van der Waals surface area contributed by atoms with Crippen molar-refractivity contribution in [3.05, 3.63) is 69.9 Å². The first kappa shape index (κ1) is 19.2. The van der Waals surface area contributed by atoms with Gasteiger partial charge in [0.15, 0.2) is 0 Å². The summed E-state index contributed by atoms with van der Waals surface area (Å²) in [5.74, 6) is -0.562. The summed E-state index contributed by atoms with van der Waals surface area (Å²) >= 11 is 0. The van der Waals surface area contributed by atoms with Crippen molar-refractivity contribution in [1.82, 2.24) is 20.2 Å². The highest BCUT2D eigenvalue weighted by Gasteiger charge is 2.16. The van der Waals surface area contributed by atoms with E-state index < -0.39 is 21.5 Å². The zero-order chi connectivity index (χ0) is 20.3. The van der Waals surface area contributed by atoms with Crippen LogP contribution in [0.1, 0.15) is 21.9 Å². The molecular formula is C17H16N6O4S. The number of rotatable bonds is 5. The van der Waals surface area contributed by atoms with Crippen LogP contribution in [0.3, 0.4) is 0 Å². The summed E-state index contributed by atoms with van der Waals surface area (Å²) in [4.78, 5) is 31.1. The first-order chi connectivity index (χ1) is 13.2. The van der Waals surface area contributed by atoms with Gasteiger partial charge in [0.2, 0.25) is 5.95 Å². The third kappa shape index (κ3) is 4.57. The van der Waals surface area contributed by atoms with Gasteiger partial charge in [-0.1, -0.05) is 0 Å². The fourth-order valence-corrected chi connectivity index (χ4v) is 3.28. The van der Waals surface area contributed by atoms with Gasteiger partial charge in [-0.25, -0.2) is 28.2 Å². The number of carbonyl (C=O) groups excluding carboxylic acids is 1. The van der Waals surface area contributed by atoms with E-state index in [4.69, 9.17) is 0 Å². The van der Waals surface area contributed by atoms with Crippen LogP contribution < -0.4 is 15.6 Å². The standard InChI is InChI=1S/C17H16N6O4S/c1-10-9-11(2)19-17(18-10)23-28(26,27)13-5-3-12(4-6-13)20-16(25)14-7-8-15(24)22-21-14/h3-9H,1-2H3,(H,20,25)(H,22,24)(H,18,19,23). The molecule has 0 unspecified atom stereocenters. The number of sulfonamides is 1. The molecule has 10 nitrogen and oxygen atoms in total. The molecule has 0 fully saturated rings. The van der Waals surface area contributed by atoms with Crippen molar-refractivity contribution < 1.29 is 13.2 Å². The zero-order valence-corrected chi connectivity index (χ0v) is 15.7. The number of aryl methyl sites for hydroxylation is 2. The Morgan fingerprint density at radius 1 is 1.00 bits per heavy atom. The van der Waals surface area contributed by atoms with Gasteiger partial charge in [0.05, 0.1) is 4.90 Å². The topological polar surface area (TPSA) is 147 Å². The Morgan fingerprint density at radius 3 is 2.21 bits per heavy atom. The van der Waals surface area contributed by atoms with Gasteiger partial charge in [-0.3, -0.25) is 9.59 Å². The lowest BCUT2D eigenvalue weighted by molar-refractivity contribution is 0.102. The van der Waals surface area contributed by atoms with Crippen molar-refractivity contribution >= 4 is 27.6 Å². The van der Waals surface area contributed by atoms with E-state index in [0.29, 0.717) is 17.1 Å². The molecule has 0 atom stereocenters. The third-order valence-corrected chi connectivity index (χ3v) is 4.89. The molecule has 0 saturated carbocycles. The van der Waals surface area contributed by atoms with Gasteiger partial charge in [-0.2, -0.15) is 5.10 Å². The quantitative estimate of drug-likeness (QED) is 0.583. The van der Waals surface area contributed by atoms with Crippen molar-refractivity contribution in [2.24, 2.45) is 0 Å². The number of amides is 1. The number of H-pyrrole nitrogens is 1. The molecule has 2 aromatic heterocycles. The number of nitrogens with zero attached hydrogens (tertiary/aromatic N) is 3. The average Bonchev–Trinajstić information content (AvgIpc) is 2.61. The van der Waals surface area contributed by atoms with Crippen LogP contribution in [0, 0.1) is 13.8 Å². The van der Waals surface area contributed by atoms with E-state index in [1.54, 1.807) is 19.9 Å². The molecule has 0 spiro atoms. The number of aromatic nitrogens is 4. The second-order valence-corrected chi connectivity index (χ2v) is 7.55. The molecule has 144 valence electrons. The van der Waals surface area contributed by atoms with Gasteiger partial charge in [0.1, 0.15) is 5.69 Å². The van der Waals surface area contributed by atoms with E-state index in [0.717, 1.165) is 0 Å². The molecule has 1 aromatic carbocycles. The summed E-state index contributed by atoms with van der Waals surface area (Å²) in [6.07, 6.45) is 0. The molecule has 0 aliphatic carbocycles. The Balaban J connectivity index is 1.74. The van der Waals surface area contributed by atoms with Gasteiger partial charge >= 0.3 is 0 Å². The number of hydrogen-bond acceptors (Lipinski definition) is 7. The summed E-state index contributed by atoms with van der Waals surface area (Å²) < 4.78 is 27.3. The minimum Gasteiger partial charge on any atom is -0.321 e.